The van der Waals surface area contributed by atoms with E-state index in [9.17, 15) is 8.78 Å². The van der Waals surface area contributed by atoms with Gasteiger partial charge >= 0.3 is 0 Å². The highest BCUT2D eigenvalue weighted by Gasteiger charge is 2.39. The zero-order valence-corrected chi connectivity index (χ0v) is 12.9. The summed E-state index contributed by atoms with van der Waals surface area (Å²) in [6.45, 7) is 6.56. The number of fused-ring (bicyclic) bond motifs is 1. The first kappa shape index (κ1) is 14.7. The van der Waals surface area contributed by atoms with Crippen molar-refractivity contribution in [2.45, 2.75) is 64.3 Å². The number of allylic oxidation sites excluding steroid dienone is 1. The van der Waals surface area contributed by atoms with E-state index in [4.69, 9.17) is 0 Å². The summed E-state index contributed by atoms with van der Waals surface area (Å²) in [5.74, 6) is -1.35. The molecule has 3 rings (SSSR count). The van der Waals surface area contributed by atoms with Gasteiger partial charge < -0.3 is 0 Å². The Hall–Kier alpha value is -1.19. The van der Waals surface area contributed by atoms with Gasteiger partial charge in [0.25, 0.3) is 5.92 Å². The largest absolute Gasteiger partial charge is 0.287 e. The minimum Gasteiger partial charge on any atom is -0.260 e. The van der Waals surface area contributed by atoms with Gasteiger partial charge in [-0.1, -0.05) is 25.8 Å². The normalized spacial score (nSPS) is 29.4. The van der Waals surface area contributed by atoms with Gasteiger partial charge in [-0.25, -0.2) is 0 Å². The van der Waals surface area contributed by atoms with E-state index in [-0.39, 0.29) is 11.7 Å². The Kier molecular flexibility index (Phi) is 3.66. The van der Waals surface area contributed by atoms with Crippen LogP contribution < -0.4 is 0 Å². The van der Waals surface area contributed by atoms with Gasteiger partial charge in [0.05, 0.1) is 12.2 Å². The molecule has 1 aromatic heterocycles. The van der Waals surface area contributed by atoms with Crippen LogP contribution in [0.4, 0.5) is 8.78 Å². The van der Waals surface area contributed by atoms with E-state index in [0.29, 0.717) is 17.1 Å². The standard InChI is InChI=1S/C17H24F2N2/c1-11(2)15-10-20-21(16(15)17(3,18)19)14-8-7-12-5-4-6-13(12)9-14/h10,12-14H,1,4-9H2,2-3H3. The lowest BCUT2D eigenvalue weighted by Crippen LogP contribution is -2.27. The average Bonchev–Trinajstić information content (AvgIpc) is 3.03. The van der Waals surface area contributed by atoms with E-state index in [1.807, 2.05) is 0 Å². The molecule has 0 N–H and O–H groups in total. The summed E-state index contributed by atoms with van der Waals surface area (Å²) in [5, 5.41) is 4.32. The minimum atomic E-state index is -2.88. The van der Waals surface area contributed by atoms with Gasteiger partial charge in [0, 0.05) is 12.5 Å². The van der Waals surface area contributed by atoms with Gasteiger partial charge in [-0.05, 0) is 43.6 Å². The van der Waals surface area contributed by atoms with Crippen LogP contribution in [0.1, 0.15) is 69.7 Å². The first-order valence-corrected chi connectivity index (χ1v) is 7.99. The second kappa shape index (κ2) is 5.22. The van der Waals surface area contributed by atoms with Crippen molar-refractivity contribution in [1.82, 2.24) is 9.78 Å². The third-order valence-corrected chi connectivity index (χ3v) is 5.28. The number of nitrogens with zero attached hydrogens (tertiary/aromatic N) is 2. The fourth-order valence-electron chi connectivity index (χ4n) is 4.29. The van der Waals surface area contributed by atoms with Gasteiger partial charge in [-0.3, -0.25) is 4.68 Å². The van der Waals surface area contributed by atoms with Gasteiger partial charge in [0.2, 0.25) is 0 Å². The van der Waals surface area contributed by atoms with Crippen LogP contribution in [0.25, 0.3) is 5.57 Å². The number of alkyl halides is 2. The van der Waals surface area contributed by atoms with E-state index in [1.165, 1.54) is 19.3 Å². The zero-order chi connectivity index (χ0) is 15.2. The molecule has 2 saturated carbocycles. The summed E-state index contributed by atoms with van der Waals surface area (Å²) in [4.78, 5) is 0. The summed E-state index contributed by atoms with van der Waals surface area (Å²) in [6.07, 6.45) is 8.58. The fourth-order valence-corrected chi connectivity index (χ4v) is 4.29. The summed E-state index contributed by atoms with van der Waals surface area (Å²) in [6, 6.07) is 0.123. The second-order valence-electron chi connectivity index (χ2n) is 6.94. The van der Waals surface area contributed by atoms with Crippen LogP contribution >= 0.6 is 0 Å². The number of hydrogen-bond donors (Lipinski definition) is 0. The summed E-state index contributed by atoms with van der Waals surface area (Å²) < 4.78 is 29.8. The van der Waals surface area contributed by atoms with E-state index in [2.05, 4.69) is 11.7 Å². The first-order valence-electron chi connectivity index (χ1n) is 7.99. The predicted molar refractivity (Wildman–Crippen MR) is 80.2 cm³/mol. The molecule has 0 aliphatic heterocycles. The van der Waals surface area contributed by atoms with Crippen LogP contribution in [-0.4, -0.2) is 9.78 Å². The first-order chi connectivity index (χ1) is 9.88. The molecule has 0 radical (unpaired) electrons. The fraction of sp³-hybridized carbons (Fsp3) is 0.706. The van der Waals surface area contributed by atoms with Crippen molar-refractivity contribution in [1.29, 1.82) is 0 Å². The molecule has 2 fully saturated rings. The number of rotatable bonds is 3. The van der Waals surface area contributed by atoms with Crippen LogP contribution in [0.5, 0.6) is 0 Å². The Morgan fingerprint density at radius 2 is 2.00 bits per heavy atom. The van der Waals surface area contributed by atoms with Crippen molar-refractivity contribution in [3.8, 4) is 0 Å². The minimum absolute atomic E-state index is 0.0523. The van der Waals surface area contributed by atoms with E-state index >= 15 is 0 Å². The maximum Gasteiger partial charge on any atom is 0.287 e. The Bertz CT molecular complexity index is 541. The lowest BCUT2D eigenvalue weighted by molar-refractivity contribution is 0.00369. The Morgan fingerprint density at radius 1 is 1.29 bits per heavy atom. The molecule has 3 atom stereocenters. The molecular formula is C17H24F2N2. The highest BCUT2D eigenvalue weighted by atomic mass is 19.3. The Balaban J connectivity index is 1.93. The molecule has 3 unspecified atom stereocenters. The average molecular weight is 294 g/mol. The van der Waals surface area contributed by atoms with Crippen LogP contribution in [0.3, 0.4) is 0 Å². The SMILES string of the molecule is C=C(C)c1cnn(C2CCC3CCCC3C2)c1C(C)(F)F. The molecule has 2 nitrogen and oxygen atoms in total. The monoisotopic (exact) mass is 294 g/mol. The summed E-state index contributed by atoms with van der Waals surface area (Å²) in [7, 11) is 0. The van der Waals surface area contributed by atoms with Crippen molar-refractivity contribution < 1.29 is 8.78 Å². The number of halogens is 2. The molecular weight excluding hydrogens is 270 g/mol. The van der Waals surface area contributed by atoms with Crippen molar-refractivity contribution in [3.63, 3.8) is 0 Å². The molecule has 116 valence electrons. The van der Waals surface area contributed by atoms with Crippen LogP contribution in [0, 0.1) is 11.8 Å². The molecule has 21 heavy (non-hydrogen) atoms. The highest BCUT2D eigenvalue weighted by molar-refractivity contribution is 5.63. The molecule has 0 aromatic carbocycles. The molecule has 4 heteroatoms. The Morgan fingerprint density at radius 3 is 2.67 bits per heavy atom. The molecule has 0 bridgehead atoms. The molecule has 2 aliphatic carbocycles. The third kappa shape index (κ3) is 2.65. The lowest BCUT2D eigenvalue weighted by Gasteiger charge is -2.33. The van der Waals surface area contributed by atoms with Crippen molar-refractivity contribution in [3.05, 3.63) is 24.0 Å². The zero-order valence-electron chi connectivity index (χ0n) is 12.9. The van der Waals surface area contributed by atoms with Crippen molar-refractivity contribution in [2.75, 3.05) is 0 Å². The highest BCUT2D eigenvalue weighted by Crippen LogP contribution is 2.47. The molecule has 0 amide bonds. The Labute approximate surface area is 125 Å². The third-order valence-electron chi connectivity index (χ3n) is 5.28. The smallest absolute Gasteiger partial charge is 0.260 e. The number of aromatic nitrogens is 2. The maximum absolute atomic E-state index is 14.1. The molecule has 2 aliphatic rings. The topological polar surface area (TPSA) is 17.8 Å². The summed E-state index contributed by atoms with van der Waals surface area (Å²) >= 11 is 0. The van der Waals surface area contributed by atoms with E-state index < -0.39 is 5.92 Å². The van der Waals surface area contributed by atoms with E-state index in [0.717, 1.165) is 32.1 Å². The molecule has 0 saturated heterocycles. The quantitative estimate of drug-likeness (QED) is 0.752. The lowest BCUT2D eigenvalue weighted by atomic mass is 9.79. The van der Waals surface area contributed by atoms with Gasteiger partial charge in [-0.15, -0.1) is 0 Å². The van der Waals surface area contributed by atoms with Crippen LogP contribution in [0.15, 0.2) is 12.8 Å². The predicted octanol–water partition coefficient (Wildman–Crippen LogP) is 5.17. The molecule has 1 aromatic rings. The maximum atomic E-state index is 14.1. The van der Waals surface area contributed by atoms with Crippen molar-refractivity contribution in [2.24, 2.45) is 11.8 Å². The van der Waals surface area contributed by atoms with E-state index in [1.54, 1.807) is 17.8 Å². The molecule has 0 spiro atoms. The number of hydrogen-bond acceptors (Lipinski definition) is 1. The molecule has 1 heterocycles. The van der Waals surface area contributed by atoms with Crippen molar-refractivity contribution >= 4 is 5.57 Å². The van der Waals surface area contributed by atoms with Crippen LogP contribution in [-0.2, 0) is 5.92 Å². The van der Waals surface area contributed by atoms with Gasteiger partial charge in [-0.2, -0.15) is 13.9 Å². The summed E-state index contributed by atoms with van der Waals surface area (Å²) in [5.41, 5.74) is 1.22. The second-order valence-corrected chi connectivity index (χ2v) is 6.94. The van der Waals surface area contributed by atoms with Gasteiger partial charge in [0.15, 0.2) is 0 Å². The van der Waals surface area contributed by atoms with Gasteiger partial charge in [0.1, 0.15) is 5.69 Å². The van der Waals surface area contributed by atoms with Crippen LogP contribution in [0.2, 0.25) is 0 Å².